The summed E-state index contributed by atoms with van der Waals surface area (Å²) in [5, 5.41) is 8.54. The molecule has 0 unspecified atom stereocenters. The van der Waals surface area contributed by atoms with Gasteiger partial charge in [-0.1, -0.05) is 0 Å². The molecule has 2 aromatic rings. The van der Waals surface area contributed by atoms with Gasteiger partial charge in [-0.15, -0.1) is 0 Å². The number of aliphatic carboxylic acids is 1. The summed E-state index contributed by atoms with van der Waals surface area (Å²) in [5.41, 5.74) is 0.597. The molecular formula is C17H14F2O4. The second kappa shape index (κ2) is 7.49. The Bertz CT molecular complexity index is 711. The number of ether oxygens (including phenoxy) is 1. The molecule has 0 saturated carbocycles. The summed E-state index contributed by atoms with van der Waals surface area (Å²) in [6.07, 6.45) is -0.294. The highest BCUT2D eigenvalue weighted by atomic mass is 19.1. The number of carbonyl (C=O) groups excluding carboxylic acids is 1. The van der Waals surface area contributed by atoms with Crippen molar-refractivity contribution in [2.24, 2.45) is 0 Å². The maximum absolute atomic E-state index is 13.5. The van der Waals surface area contributed by atoms with Crippen molar-refractivity contribution in [3.05, 3.63) is 65.2 Å². The van der Waals surface area contributed by atoms with Gasteiger partial charge in [0.2, 0.25) is 0 Å². The highest BCUT2D eigenvalue weighted by Gasteiger charge is 2.09. The lowest BCUT2D eigenvalue weighted by Crippen LogP contribution is -2.04. The van der Waals surface area contributed by atoms with Gasteiger partial charge in [-0.3, -0.25) is 9.59 Å². The van der Waals surface area contributed by atoms with Gasteiger partial charge in [-0.25, -0.2) is 8.78 Å². The zero-order valence-corrected chi connectivity index (χ0v) is 12.1. The van der Waals surface area contributed by atoms with Crippen molar-refractivity contribution in [1.82, 2.24) is 0 Å². The molecule has 1 N–H and O–H groups in total. The Morgan fingerprint density at radius 3 is 2.30 bits per heavy atom. The second-order valence-electron chi connectivity index (χ2n) is 4.87. The van der Waals surface area contributed by atoms with Crippen LogP contribution in [0, 0.1) is 11.6 Å². The van der Waals surface area contributed by atoms with Crippen LogP contribution in [0.5, 0.6) is 5.75 Å². The number of Topliss-reactive ketones (excluding diaryl/α,β-unsaturated/α-hetero) is 1. The predicted molar refractivity (Wildman–Crippen MR) is 78.3 cm³/mol. The molecule has 0 fully saturated rings. The molecule has 0 radical (unpaired) electrons. The van der Waals surface area contributed by atoms with Crippen molar-refractivity contribution in [3.63, 3.8) is 0 Å². The third kappa shape index (κ3) is 4.88. The molecule has 0 bridgehead atoms. The van der Waals surface area contributed by atoms with Gasteiger partial charge in [0.25, 0.3) is 0 Å². The zero-order valence-electron chi connectivity index (χ0n) is 12.1. The molecule has 6 heteroatoms. The van der Waals surface area contributed by atoms with Crippen LogP contribution in [0.4, 0.5) is 8.78 Å². The van der Waals surface area contributed by atoms with E-state index in [0.29, 0.717) is 11.3 Å². The molecule has 2 rings (SSSR count). The van der Waals surface area contributed by atoms with Gasteiger partial charge >= 0.3 is 5.97 Å². The van der Waals surface area contributed by atoms with Gasteiger partial charge in [0, 0.05) is 23.6 Å². The quantitative estimate of drug-likeness (QED) is 0.792. The molecule has 0 saturated heterocycles. The van der Waals surface area contributed by atoms with Gasteiger partial charge in [-0.05, 0) is 36.4 Å². The molecule has 4 nitrogen and oxygen atoms in total. The molecule has 0 aliphatic carbocycles. The van der Waals surface area contributed by atoms with E-state index < -0.39 is 17.6 Å². The van der Waals surface area contributed by atoms with Crippen LogP contribution in [0.25, 0.3) is 0 Å². The van der Waals surface area contributed by atoms with Crippen LogP contribution in [-0.2, 0) is 11.4 Å². The minimum absolute atomic E-state index is 0.0710. The largest absolute Gasteiger partial charge is 0.489 e. The minimum atomic E-state index is -1.03. The average molecular weight is 320 g/mol. The monoisotopic (exact) mass is 320 g/mol. The number of carboxylic acids is 1. The maximum Gasteiger partial charge on any atom is 0.303 e. The number of carbonyl (C=O) groups is 2. The average Bonchev–Trinajstić information content (AvgIpc) is 2.52. The van der Waals surface area contributed by atoms with E-state index in [1.807, 2.05) is 0 Å². The standard InChI is InChI=1S/C17H14F2O4/c18-13-4-1-12(15(19)9-13)10-23-14-5-2-11(3-6-14)16(20)7-8-17(21)22/h1-6,9H,7-8,10H2,(H,21,22). The van der Waals surface area contributed by atoms with Crippen molar-refractivity contribution in [2.45, 2.75) is 19.4 Å². The summed E-state index contributed by atoms with van der Waals surface area (Å²) in [5.74, 6) is -2.23. The summed E-state index contributed by atoms with van der Waals surface area (Å²) >= 11 is 0. The molecule has 0 aliphatic heterocycles. The van der Waals surface area contributed by atoms with Crippen LogP contribution in [0.3, 0.4) is 0 Å². The topological polar surface area (TPSA) is 63.6 Å². The van der Waals surface area contributed by atoms with Crippen molar-refractivity contribution in [1.29, 1.82) is 0 Å². The highest BCUT2D eigenvalue weighted by Crippen LogP contribution is 2.17. The fraction of sp³-hybridized carbons (Fsp3) is 0.176. The molecule has 0 spiro atoms. The summed E-state index contributed by atoms with van der Waals surface area (Å²) in [4.78, 5) is 22.2. The molecule has 120 valence electrons. The van der Waals surface area contributed by atoms with Crippen LogP contribution in [0.15, 0.2) is 42.5 Å². The molecule has 23 heavy (non-hydrogen) atoms. The van der Waals surface area contributed by atoms with Crippen molar-refractivity contribution < 1.29 is 28.2 Å². The van der Waals surface area contributed by atoms with Gasteiger partial charge in [0.1, 0.15) is 24.0 Å². The second-order valence-corrected chi connectivity index (χ2v) is 4.87. The number of hydrogen-bond donors (Lipinski definition) is 1. The number of carboxylic acid groups (broad SMARTS) is 1. The number of rotatable bonds is 7. The van der Waals surface area contributed by atoms with E-state index >= 15 is 0 Å². The first-order chi connectivity index (χ1) is 11.0. The Kier molecular flexibility index (Phi) is 5.41. The van der Waals surface area contributed by atoms with E-state index in [4.69, 9.17) is 9.84 Å². The Morgan fingerprint density at radius 1 is 1.00 bits per heavy atom. The van der Waals surface area contributed by atoms with Crippen LogP contribution in [0.2, 0.25) is 0 Å². The van der Waals surface area contributed by atoms with Gasteiger partial charge in [0.15, 0.2) is 5.78 Å². The number of halogens is 2. The Morgan fingerprint density at radius 2 is 1.70 bits per heavy atom. The first-order valence-corrected chi connectivity index (χ1v) is 6.87. The van der Waals surface area contributed by atoms with Crippen molar-refractivity contribution >= 4 is 11.8 Å². The fourth-order valence-electron chi connectivity index (χ4n) is 1.90. The molecule has 0 aromatic heterocycles. The van der Waals surface area contributed by atoms with Crippen LogP contribution in [0.1, 0.15) is 28.8 Å². The minimum Gasteiger partial charge on any atom is -0.489 e. The van der Waals surface area contributed by atoms with E-state index in [-0.39, 0.29) is 30.8 Å². The van der Waals surface area contributed by atoms with Gasteiger partial charge in [0.05, 0.1) is 6.42 Å². The lowest BCUT2D eigenvalue weighted by molar-refractivity contribution is -0.136. The first-order valence-electron chi connectivity index (χ1n) is 6.87. The molecule has 2 aromatic carbocycles. The molecule has 0 amide bonds. The summed E-state index contributed by atoms with van der Waals surface area (Å²) in [6.45, 7) is -0.0710. The molecular weight excluding hydrogens is 306 g/mol. The molecule has 0 aliphatic rings. The highest BCUT2D eigenvalue weighted by molar-refractivity contribution is 5.97. The predicted octanol–water partition coefficient (Wildman–Crippen LogP) is 3.59. The van der Waals surface area contributed by atoms with Crippen molar-refractivity contribution in [3.8, 4) is 5.75 Å². The zero-order chi connectivity index (χ0) is 16.8. The first kappa shape index (κ1) is 16.6. The lowest BCUT2D eigenvalue weighted by atomic mass is 10.1. The normalized spacial score (nSPS) is 10.3. The fourth-order valence-corrected chi connectivity index (χ4v) is 1.90. The van der Waals surface area contributed by atoms with Crippen LogP contribution >= 0.6 is 0 Å². The SMILES string of the molecule is O=C(O)CCC(=O)c1ccc(OCc2ccc(F)cc2F)cc1. The number of benzene rings is 2. The molecule has 0 atom stereocenters. The summed E-state index contributed by atoms with van der Waals surface area (Å²) in [6, 6.07) is 9.33. The van der Waals surface area contributed by atoms with Gasteiger partial charge in [-0.2, -0.15) is 0 Å². The van der Waals surface area contributed by atoms with E-state index in [9.17, 15) is 18.4 Å². The summed E-state index contributed by atoms with van der Waals surface area (Å²) in [7, 11) is 0. The Labute approximate surface area is 131 Å². The van der Waals surface area contributed by atoms with Crippen LogP contribution < -0.4 is 4.74 Å². The van der Waals surface area contributed by atoms with Crippen molar-refractivity contribution in [2.75, 3.05) is 0 Å². The Balaban J connectivity index is 1.94. The van der Waals surface area contributed by atoms with E-state index in [1.165, 1.54) is 30.3 Å². The summed E-state index contributed by atoms with van der Waals surface area (Å²) < 4.78 is 31.6. The lowest BCUT2D eigenvalue weighted by Gasteiger charge is -2.08. The van der Waals surface area contributed by atoms with E-state index in [1.54, 1.807) is 0 Å². The smallest absolute Gasteiger partial charge is 0.303 e. The Hall–Kier alpha value is -2.76. The molecule has 0 heterocycles. The maximum atomic E-state index is 13.5. The van der Waals surface area contributed by atoms with E-state index in [2.05, 4.69) is 0 Å². The number of ketones is 1. The van der Waals surface area contributed by atoms with Crippen LogP contribution in [-0.4, -0.2) is 16.9 Å². The third-order valence-corrected chi connectivity index (χ3v) is 3.15. The van der Waals surface area contributed by atoms with E-state index in [0.717, 1.165) is 12.1 Å². The number of hydrogen-bond acceptors (Lipinski definition) is 3. The third-order valence-electron chi connectivity index (χ3n) is 3.15. The van der Waals surface area contributed by atoms with Gasteiger partial charge < -0.3 is 9.84 Å².